The fourth-order valence-electron chi connectivity index (χ4n) is 2.33. The molecule has 3 heteroatoms. The van der Waals surface area contributed by atoms with E-state index in [9.17, 15) is 0 Å². The Bertz CT molecular complexity index is 783. The quantitative estimate of drug-likeness (QED) is 0.662. The van der Waals surface area contributed by atoms with Crippen LogP contribution in [-0.2, 0) is 0 Å². The van der Waals surface area contributed by atoms with Gasteiger partial charge in [0.15, 0.2) is 0 Å². The van der Waals surface area contributed by atoms with Crippen molar-refractivity contribution < 1.29 is 4.74 Å². The summed E-state index contributed by atoms with van der Waals surface area (Å²) < 4.78 is 6.37. The molecule has 0 radical (unpaired) electrons. The summed E-state index contributed by atoms with van der Waals surface area (Å²) in [5.41, 5.74) is 4.48. The minimum atomic E-state index is 0.635. The van der Waals surface area contributed by atoms with E-state index in [1.54, 1.807) is 7.11 Å². The summed E-state index contributed by atoms with van der Waals surface area (Å²) in [6, 6.07) is 16.5. The molecular formula is C17H14BrNO. The first-order valence-electron chi connectivity index (χ1n) is 6.39. The molecule has 0 spiro atoms. The molecular weight excluding hydrogens is 314 g/mol. The van der Waals surface area contributed by atoms with E-state index in [1.165, 1.54) is 11.1 Å². The monoisotopic (exact) mass is 327 g/mol. The number of ether oxygens (including phenoxy) is 1. The van der Waals surface area contributed by atoms with Gasteiger partial charge < -0.3 is 4.74 Å². The van der Waals surface area contributed by atoms with Gasteiger partial charge in [0.25, 0.3) is 0 Å². The third-order valence-electron chi connectivity index (χ3n) is 3.29. The first kappa shape index (κ1) is 13.1. The Kier molecular flexibility index (Phi) is 3.45. The van der Waals surface area contributed by atoms with Crippen molar-refractivity contribution in [3.63, 3.8) is 0 Å². The minimum Gasteiger partial charge on any atom is -0.481 e. The van der Waals surface area contributed by atoms with Crippen LogP contribution in [0.5, 0.6) is 5.88 Å². The molecule has 0 N–H and O–H groups in total. The van der Waals surface area contributed by atoms with Gasteiger partial charge in [-0.05, 0) is 36.2 Å². The van der Waals surface area contributed by atoms with E-state index in [4.69, 9.17) is 4.74 Å². The normalized spacial score (nSPS) is 10.8. The molecule has 0 amide bonds. The second-order valence-electron chi connectivity index (χ2n) is 4.74. The Morgan fingerprint density at radius 3 is 2.65 bits per heavy atom. The number of aromatic nitrogens is 1. The Morgan fingerprint density at radius 2 is 1.90 bits per heavy atom. The van der Waals surface area contributed by atoms with Crippen LogP contribution in [0, 0.1) is 6.92 Å². The molecule has 3 rings (SSSR count). The van der Waals surface area contributed by atoms with Crippen LogP contribution in [0.25, 0.3) is 22.0 Å². The number of methoxy groups -OCH3 is 1. The Hall–Kier alpha value is -1.87. The number of rotatable bonds is 2. The van der Waals surface area contributed by atoms with Gasteiger partial charge in [0, 0.05) is 15.9 Å². The molecule has 2 aromatic carbocycles. The molecule has 0 atom stereocenters. The zero-order chi connectivity index (χ0) is 14.1. The van der Waals surface area contributed by atoms with Crippen LogP contribution in [0.4, 0.5) is 0 Å². The first-order chi connectivity index (χ1) is 9.67. The molecule has 0 aliphatic carbocycles. The van der Waals surface area contributed by atoms with Crippen LogP contribution >= 0.6 is 15.9 Å². The van der Waals surface area contributed by atoms with Gasteiger partial charge in [-0.25, -0.2) is 4.98 Å². The topological polar surface area (TPSA) is 22.1 Å². The molecule has 1 aromatic heterocycles. The van der Waals surface area contributed by atoms with Crippen molar-refractivity contribution in [2.75, 3.05) is 7.11 Å². The second-order valence-corrected chi connectivity index (χ2v) is 5.66. The predicted molar refractivity (Wildman–Crippen MR) is 86.2 cm³/mol. The van der Waals surface area contributed by atoms with Crippen LogP contribution in [0.15, 0.2) is 53.0 Å². The summed E-state index contributed by atoms with van der Waals surface area (Å²) in [7, 11) is 1.65. The summed E-state index contributed by atoms with van der Waals surface area (Å²) in [6.07, 6.45) is 0. The molecule has 0 aliphatic heterocycles. The van der Waals surface area contributed by atoms with Gasteiger partial charge in [0.1, 0.15) is 0 Å². The fraction of sp³-hybridized carbons (Fsp3) is 0.118. The number of aryl methyl sites for hydroxylation is 1. The maximum absolute atomic E-state index is 5.32. The van der Waals surface area contributed by atoms with E-state index >= 15 is 0 Å². The number of pyridine rings is 1. The average Bonchev–Trinajstić information content (AvgIpc) is 2.46. The largest absolute Gasteiger partial charge is 0.481 e. The third-order valence-corrected chi connectivity index (χ3v) is 3.78. The highest BCUT2D eigenvalue weighted by Crippen LogP contribution is 2.32. The number of hydrogen-bond acceptors (Lipinski definition) is 2. The Balaban J connectivity index is 2.34. The molecule has 0 saturated heterocycles. The molecule has 0 bridgehead atoms. The summed E-state index contributed by atoms with van der Waals surface area (Å²) >= 11 is 3.53. The molecule has 2 nitrogen and oxygen atoms in total. The van der Waals surface area contributed by atoms with Gasteiger partial charge in [0.05, 0.1) is 12.6 Å². The van der Waals surface area contributed by atoms with E-state index in [-0.39, 0.29) is 0 Å². The van der Waals surface area contributed by atoms with Crippen LogP contribution in [0.3, 0.4) is 0 Å². The summed E-state index contributed by atoms with van der Waals surface area (Å²) in [4.78, 5) is 4.50. The van der Waals surface area contributed by atoms with Crippen LogP contribution in [-0.4, -0.2) is 12.1 Å². The van der Waals surface area contributed by atoms with Crippen molar-refractivity contribution in [1.29, 1.82) is 0 Å². The Labute approximate surface area is 126 Å². The maximum Gasteiger partial charge on any atom is 0.214 e. The van der Waals surface area contributed by atoms with Gasteiger partial charge >= 0.3 is 0 Å². The lowest BCUT2D eigenvalue weighted by Gasteiger charge is -2.10. The van der Waals surface area contributed by atoms with Gasteiger partial charge in [-0.15, -0.1) is 0 Å². The van der Waals surface area contributed by atoms with E-state index < -0.39 is 0 Å². The minimum absolute atomic E-state index is 0.635. The number of fused-ring (bicyclic) bond motifs is 1. The number of nitrogens with zero attached hydrogens (tertiary/aromatic N) is 1. The predicted octanol–water partition coefficient (Wildman–Crippen LogP) is 4.98. The van der Waals surface area contributed by atoms with Crippen molar-refractivity contribution in [3.8, 4) is 17.0 Å². The van der Waals surface area contributed by atoms with Crippen molar-refractivity contribution in [3.05, 3.63) is 58.6 Å². The summed E-state index contributed by atoms with van der Waals surface area (Å²) in [5.74, 6) is 0.635. The fourth-order valence-corrected chi connectivity index (χ4v) is 2.69. The van der Waals surface area contributed by atoms with E-state index in [1.807, 2.05) is 18.2 Å². The molecule has 0 unspecified atom stereocenters. The zero-order valence-corrected chi connectivity index (χ0v) is 12.9. The van der Waals surface area contributed by atoms with Crippen molar-refractivity contribution in [2.24, 2.45) is 0 Å². The highest BCUT2D eigenvalue weighted by atomic mass is 79.9. The number of halogens is 1. The van der Waals surface area contributed by atoms with Gasteiger partial charge in [-0.1, -0.05) is 45.8 Å². The first-order valence-corrected chi connectivity index (χ1v) is 7.18. The molecule has 100 valence electrons. The lowest BCUT2D eigenvalue weighted by Crippen LogP contribution is -1.91. The smallest absolute Gasteiger partial charge is 0.214 e. The lowest BCUT2D eigenvalue weighted by atomic mass is 10.00. The van der Waals surface area contributed by atoms with Gasteiger partial charge in [-0.2, -0.15) is 0 Å². The van der Waals surface area contributed by atoms with Crippen LogP contribution in [0.1, 0.15) is 5.56 Å². The summed E-state index contributed by atoms with van der Waals surface area (Å²) in [6.45, 7) is 2.10. The highest BCUT2D eigenvalue weighted by Gasteiger charge is 2.09. The van der Waals surface area contributed by atoms with Gasteiger partial charge in [-0.3, -0.25) is 0 Å². The standard InChI is InChI=1S/C17H14BrNO/c1-11-4-3-5-12(8-11)14-10-17(20-2)19-16-7-6-13(18)9-15(14)16/h3-10H,1-2H3. The molecule has 20 heavy (non-hydrogen) atoms. The number of hydrogen-bond donors (Lipinski definition) is 0. The van der Waals surface area contributed by atoms with Crippen molar-refractivity contribution in [2.45, 2.75) is 6.92 Å². The molecule has 0 aliphatic rings. The van der Waals surface area contributed by atoms with Crippen LogP contribution < -0.4 is 4.74 Å². The zero-order valence-electron chi connectivity index (χ0n) is 11.4. The van der Waals surface area contributed by atoms with Crippen LogP contribution in [0.2, 0.25) is 0 Å². The second kappa shape index (κ2) is 5.25. The molecule has 3 aromatic rings. The average molecular weight is 328 g/mol. The van der Waals surface area contributed by atoms with Gasteiger partial charge in [0.2, 0.25) is 5.88 Å². The number of benzene rings is 2. The third kappa shape index (κ3) is 2.41. The van der Waals surface area contributed by atoms with E-state index in [2.05, 4.69) is 58.2 Å². The Morgan fingerprint density at radius 1 is 1.05 bits per heavy atom. The van der Waals surface area contributed by atoms with E-state index in [0.29, 0.717) is 5.88 Å². The van der Waals surface area contributed by atoms with Crippen molar-refractivity contribution >= 4 is 26.8 Å². The SMILES string of the molecule is COc1cc(-c2cccc(C)c2)c2cc(Br)ccc2n1. The lowest BCUT2D eigenvalue weighted by molar-refractivity contribution is 0.400. The molecule has 0 fully saturated rings. The van der Waals surface area contributed by atoms with Crippen molar-refractivity contribution in [1.82, 2.24) is 4.98 Å². The molecule has 1 heterocycles. The summed E-state index contributed by atoms with van der Waals surface area (Å²) in [5, 5.41) is 1.12. The maximum atomic E-state index is 5.32. The van der Waals surface area contributed by atoms with E-state index in [0.717, 1.165) is 20.9 Å². The molecule has 0 saturated carbocycles. The highest BCUT2D eigenvalue weighted by molar-refractivity contribution is 9.10.